The van der Waals surface area contributed by atoms with Crippen LogP contribution < -0.4 is 14.8 Å². The number of rotatable bonds is 6. The summed E-state index contributed by atoms with van der Waals surface area (Å²) in [5.74, 6) is 1.49. The second-order valence-corrected chi connectivity index (χ2v) is 6.15. The Kier molecular flexibility index (Phi) is 6.08. The van der Waals surface area contributed by atoms with E-state index in [-0.39, 0.29) is 0 Å². The lowest BCUT2D eigenvalue weighted by Crippen LogP contribution is -2.48. The minimum atomic E-state index is 0.462. The van der Waals surface area contributed by atoms with E-state index < -0.39 is 0 Å². The smallest absolute Gasteiger partial charge is 0.175 e. The Morgan fingerprint density at radius 1 is 1.52 bits per heavy atom. The predicted molar refractivity (Wildman–Crippen MR) is 89.1 cm³/mol. The molecular formula is C16H23BrN2O2. The number of nitrogens with zero attached hydrogens (tertiary/aromatic N) is 1. The van der Waals surface area contributed by atoms with Gasteiger partial charge in [0.05, 0.1) is 11.6 Å². The van der Waals surface area contributed by atoms with Crippen LogP contribution in [0.2, 0.25) is 0 Å². The maximum absolute atomic E-state index is 5.66. The SMILES string of the molecule is C=CCOc1c(Br)cc(CN2CCNC(C)C2)cc1OC. The van der Waals surface area contributed by atoms with Gasteiger partial charge in [-0.1, -0.05) is 12.7 Å². The molecule has 2 rings (SSSR count). The number of benzene rings is 1. The molecule has 1 aliphatic rings. The molecule has 1 heterocycles. The van der Waals surface area contributed by atoms with E-state index in [0.29, 0.717) is 12.6 Å². The first kappa shape index (κ1) is 16.3. The maximum atomic E-state index is 5.66. The Morgan fingerprint density at radius 2 is 2.33 bits per heavy atom. The van der Waals surface area contributed by atoms with Gasteiger partial charge in [-0.2, -0.15) is 0 Å². The van der Waals surface area contributed by atoms with Gasteiger partial charge in [0.1, 0.15) is 6.61 Å². The van der Waals surface area contributed by atoms with Crippen LogP contribution in [-0.4, -0.2) is 44.3 Å². The van der Waals surface area contributed by atoms with Gasteiger partial charge in [-0.15, -0.1) is 0 Å². The van der Waals surface area contributed by atoms with Crippen molar-refractivity contribution >= 4 is 15.9 Å². The minimum absolute atomic E-state index is 0.462. The van der Waals surface area contributed by atoms with Crippen LogP contribution in [0.25, 0.3) is 0 Å². The third-order valence-corrected chi connectivity index (χ3v) is 4.08. The van der Waals surface area contributed by atoms with Crippen LogP contribution in [0.3, 0.4) is 0 Å². The highest BCUT2D eigenvalue weighted by molar-refractivity contribution is 9.10. The maximum Gasteiger partial charge on any atom is 0.175 e. The predicted octanol–water partition coefficient (Wildman–Crippen LogP) is 2.82. The fraction of sp³-hybridized carbons (Fsp3) is 0.500. The molecule has 1 N–H and O–H groups in total. The molecular weight excluding hydrogens is 332 g/mol. The quantitative estimate of drug-likeness (QED) is 0.796. The Morgan fingerprint density at radius 3 is 3.00 bits per heavy atom. The van der Waals surface area contributed by atoms with Crippen LogP contribution in [0.1, 0.15) is 12.5 Å². The Bertz CT molecular complexity index is 493. The largest absolute Gasteiger partial charge is 0.493 e. The number of nitrogens with one attached hydrogen (secondary N) is 1. The monoisotopic (exact) mass is 354 g/mol. The molecule has 4 nitrogen and oxygen atoms in total. The molecule has 0 amide bonds. The highest BCUT2D eigenvalue weighted by Crippen LogP contribution is 2.37. The number of piperazine rings is 1. The first-order valence-electron chi connectivity index (χ1n) is 7.20. The number of hydrogen-bond acceptors (Lipinski definition) is 4. The van der Waals surface area contributed by atoms with Crippen molar-refractivity contribution in [1.29, 1.82) is 0 Å². The zero-order chi connectivity index (χ0) is 15.2. The molecule has 0 aromatic heterocycles. The topological polar surface area (TPSA) is 33.7 Å². The first-order chi connectivity index (χ1) is 10.1. The summed E-state index contributed by atoms with van der Waals surface area (Å²) in [5.41, 5.74) is 1.22. The van der Waals surface area contributed by atoms with Gasteiger partial charge in [-0.3, -0.25) is 4.90 Å². The summed E-state index contributed by atoms with van der Waals surface area (Å²) in [5, 5.41) is 3.46. The molecule has 5 heteroatoms. The molecule has 1 aromatic carbocycles. The number of halogens is 1. The van der Waals surface area contributed by atoms with Crippen molar-refractivity contribution in [2.75, 3.05) is 33.4 Å². The third kappa shape index (κ3) is 4.46. The second kappa shape index (κ2) is 7.82. The van der Waals surface area contributed by atoms with Crippen LogP contribution in [0.4, 0.5) is 0 Å². The summed E-state index contributed by atoms with van der Waals surface area (Å²) in [6.45, 7) is 10.4. The summed E-state index contributed by atoms with van der Waals surface area (Å²) >= 11 is 3.58. The van der Waals surface area contributed by atoms with Gasteiger partial charge in [-0.05, 0) is 40.5 Å². The van der Waals surface area contributed by atoms with Gasteiger partial charge in [0.15, 0.2) is 11.5 Å². The highest BCUT2D eigenvalue weighted by Gasteiger charge is 2.17. The zero-order valence-electron chi connectivity index (χ0n) is 12.7. The van der Waals surface area contributed by atoms with E-state index in [1.54, 1.807) is 13.2 Å². The van der Waals surface area contributed by atoms with Crippen molar-refractivity contribution in [2.24, 2.45) is 0 Å². The van der Waals surface area contributed by atoms with E-state index in [1.807, 2.05) is 0 Å². The van der Waals surface area contributed by atoms with E-state index in [0.717, 1.165) is 42.2 Å². The van der Waals surface area contributed by atoms with Crippen LogP contribution in [0.15, 0.2) is 29.3 Å². The summed E-state index contributed by atoms with van der Waals surface area (Å²) in [6.07, 6.45) is 1.72. The first-order valence-corrected chi connectivity index (χ1v) is 7.99. The van der Waals surface area contributed by atoms with Crippen molar-refractivity contribution in [3.63, 3.8) is 0 Å². The fourth-order valence-electron chi connectivity index (χ4n) is 2.56. The van der Waals surface area contributed by atoms with Crippen LogP contribution >= 0.6 is 15.9 Å². The normalized spacial score (nSPS) is 19.3. The van der Waals surface area contributed by atoms with Gasteiger partial charge >= 0.3 is 0 Å². The van der Waals surface area contributed by atoms with E-state index >= 15 is 0 Å². The van der Waals surface area contributed by atoms with E-state index in [9.17, 15) is 0 Å². The summed E-state index contributed by atoms with van der Waals surface area (Å²) in [6, 6.07) is 4.70. The lowest BCUT2D eigenvalue weighted by Gasteiger charge is -2.32. The van der Waals surface area contributed by atoms with Crippen LogP contribution in [0, 0.1) is 0 Å². The summed E-state index contributed by atoms with van der Waals surface area (Å²) in [7, 11) is 1.67. The molecule has 0 radical (unpaired) electrons. The molecule has 1 fully saturated rings. The molecule has 0 saturated carbocycles. The molecule has 116 valence electrons. The van der Waals surface area contributed by atoms with E-state index in [1.165, 1.54) is 5.56 Å². The van der Waals surface area contributed by atoms with Gasteiger partial charge in [0, 0.05) is 32.2 Å². The van der Waals surface area contributed by atoms with Crippen molar-refractivity contribution in [1.82, 2.24) is 10.2 Å². The Balaban J connectivity index is 2.13. The molecule has 0 aliphatic carbocycles. The summed E-state index contributed by atoms with van der Waals surface area (Å²) in [4.78, 5) is 2.45. The average Bonchev–Trinajstić information content (AvgIpc) is 2.45. The zero-order valence-corrected chi connectivity index (χ0v) is 14.3. The molecule has 1 saturated heterocycles. The van der Waals surface area contributed by atoms with Crippen molar-refractivity contribution in [3.05, 3.63) is 34.8 Å². The lowest BCUT2D eigenvalue weighted by atomic mass is 10.1. The van der Waals surface area contributed by atoms with Gasteiger partial charge in [0.2, 0.25) is 0 Å². The van der Waals surface area contributed by atoms with E-state index in [4.69, 9.17) is 9.47 Å². The average molecular weight is 355 g/mol. The van der Waals surface area contributed by atoms with Gasteiger partial charge in [0.25, 0.3) is 0 Å². The van der Waals surface area contributed by atoms with Crippen molar-refractivity contribution in [3.8, 4) is 11.5 Å². The minimum Gasteiger partial charge on any atom is -0.493 e. The molecule has 1 unspecified atom stereocenters. The highest BCUT2D eigenvalue weighted by atomic mass is 79.9. The molecule has 1 aliphatic heterocycles. The number of ether oxygens (including phenoxy) is 2. The molecule has 1 aromatic rings. The molecule has 21 heavy (non-hydrogen) atoms. The third-order valence-electron chi connectivity index (χ3n) is 3.49. The fourth-order valence-corrected chi connectivity index (χ4v) is 3.16. The molecule has 0 spiro atoms. The van der Waals surface area contributed by atoms with Crippen molar-refractivity contribution < 1.29 is 9.47 Å². The molecule has 1 atom stereocenters. The van der Waals surface area contributed by atoms with Crippen molar-refractivity contribution in [2.45, 2.75) is 19.5 Å². The van der Waals surface area contributed by atoms with E-state index in [2.05, 4.69) is 51.8 Å². The van der Waals surface area contributed by atoms with Crippen LogP contribution in [-0.2, 0) is 6.54 Å². The van der Waals surface area contributed by atoms with Gasteiger partial charge in [-0.25, -0.2) is 0 Å². The number of methoxy groups -OCH3 is 1. The lowest BCUT2D eigenvalue weighted by molar-refractivity contribution is 0.199. The van der Waals surface area contributed by atoms with Gasteiger partial charge < -0.3 is 14.8 Å². The number of hydrogen-bond donors (Lipinski definition) is 1. The standard InChI is InChI=1S/C16H23BrN2O2/c1-4-7-21-16-14(17)8-13(9-15(16)20-3)11-19-6-5-18-12(2)10-19/h4,8-9,12,18H,1,5-7,10-11H2,2-3H3. The molecule has 0 bridgehead atoms. The Labute approximate surface area is 135 Å². The second-order valence-electron chi connectivity index (χ2n) is 5.30. The summed E-state index contributed by atoms with van der Waals surface area (Å²) < 4.78 is 12.0. The van der Waals surface area contributed by atoms with Crippen LogP contribution in [0.5, 0.6) is 11.5 Å². The Hall–Kier alpha value is -1.04.